The summed E-state index contributed by atoms with van der Waals surface area (Å²) in [5.74, 6) is -2.97. The summed E-state index contributed by atoms with van der Waals surface area (Å²) in [7, 11) is 0. The molecular weight excluding hydrogens is 410 g/mol. The molecule has 0 saturated heterocycles. The van der Waals surface area contributed by atoms with Crippen LogP contribution in [-0.4, -0.2) is 21.1 Å². The summed E-state index contributed by atoms with van der Waals surface area (Å²) in [6, 6.07) is 5.79. The number of nitrogens with one attached hydrogen (secondary N) is 1. The van der Waals surface area contributed by atoms with Gasteiger partial charge in [-0.05, 0) is 30.7 Å². The second-order valence-electron chi connectivity index (χ2n) is 5.80. The number of benzene rings is 2. The van der Waals surface area contributed by atoms with Crippen molar-refractivity contribution in [1.29, 1.82) is 0 Å². The molecule has 0 saturated carbocycles. The van der Waals surface area contributed by atoms with Crippen molar-refractivity contribution in [1.82, 2.24) is 4.98 Å². The fraction of sp³-hybridized carbons (Fsp3) is 0.158. The number of hydrogen-bond donors (Lipinski definition) is 3. The SMILES string of the molecule is CCc1nc(-c2cc(O)c(C(=O)Nc3c(F)cccc3Cl)cc2F)sc1CO. The van der Waals surface area contributed by atoms with Gasteiger partial charge >= 0.3 is 0 Å². The number of phenolic OH excluding ortho intramolecular Hbond substituents is 1. The van der Waals surface area contributed by atoms with E-state index in [1.807, 2.05) is 6.92 Å². The number of rotatable bonds is 5. The average molecular weight is 425 g/mol. The molecule has 0 aliphatic heterocycles. The molecule has 146 valence electrons. The molecular formula is C19H15ClF2N2O3S. The maximum atomic E-state index is 14.6. The van der Waals surface area contributed by atoms with Gasteiger partial charge in [-0.2, -0.15) is 0 Å². The fourth-order valence-corrected chi connectivity index (χ4v) is 3.84. The number of para-hydroxylation sites is 1. The number of aliphatic hydroxyl groups is 1. The Labute approximate surface area is 168 Å². The molecule has 5 nitrogen and oxygen atoms in total. The summed E-state index contributed by atoms with van der Waals surface area (Å²) in [5, 5.41) is 22.1. The van der Waals surface area contributed by atoms with Gasteiger partial charge in [-0.1, -0.05) is 24.6 Å². The highest BCUT2D eigenvalue weighted by molar-refractivity contribution is 7.15. The minimum Gasteiger partial charge on any atom is -0.507 e. The van der Waals surface area contributed by atoms with E-state index >= 15 is 0 Å². The van der Waals surface area contributed by atoms with Crippen LogP contribution in [0.5, 0.6) is 5.75 Å². The highest BCUT2D eigenvalue weighted by atomic mass is 35.5. The van der Waals surface area contributed by atoms with Gasteiger partial charge in [0.1, 0.15) is 22.4 Å². The fourth-order valence-electron chi connectivity index (χ4n) is 2.60. The lowest BCUT2D eigenvalue weighted by atomic mass is 10.1. The summed E-state index contributed by atoms with van der Waals surface area (Å²) in [4.78, 5) is 17.3. The van der Waals surface area contributed by atoms with Gasteiger partial charge in [0.15, 0.2) is 0 Å². The van der Waals surface area contributed by atoms with Crippen molar-refractivity contribution in [2.75, 3.05) is 5.32 Å². The lowest BCUT2D eigenvalue weighted by Gasteiger charge is -2.10. The summed E-state index contributed by atoms with van der Waals surface area (Å²) in [5.41, 5.74) is -0.0110. The molecule has 0 spiro atoms. The van der Waals surface area contributed by atoms with Crippen LogP contribution in [0.1, 0.15) is 27.9 Å². The number of aliphatic hydroxyl groups excluding tert-OH is 1. The zero-order valence-electron chi connectivity index (χ0n) is 14.6. The van der Waals surface area contributed by atoms with Crippen LogP contribution in [0.15, 0.2) is 30.3 Å². The summed E-state index contributed by atoms with van der Waals surface area (Å²) < 4.78 is 28.5. The Balaban J connectivity index is 1.96. The summed E-state index contributed by atoms with van der Waals surface area (Å²) in [6.45, 7) is 1.63. The first-order valence-electron chi connectivity index (χ1n) is 8.23. The van der Waals surface area contributed by atoms with E-state index in [0.717, 1.165) is 29.5 Å². The number of nitrogens with zero attached hydrogens (tertiary/aromatic N) is 1. The van der Waals surface area contributed by atoms with Crippen LogP contribution in [0.3, 0.4) is 0 Å². The number of phenols is 1. The molecule has 1 heterocycles. The highest BCUT2D eigenvalue weighted by Crippen LogP contribution is 2.35. The number of aromatic nitrogens is 1. The lowest BCUT2D eigenvalue weighted by molar-refractivity contribution is 0.102. The number of amides is 1. The van der Waals surface area contributed by atoms with E-state index in [9.17, 15) is 23.8 Å². The Morgan fingerprint density at radius 1 is 1.29 bits per heavy atom. The third kappa shape index (κ3) is 3.84. The number of carbonyl (C=O) groups excluding carboxylic acids is 1. The molecule has 3 aromatic rings. The van der Waals surface area contributed by atoms with Crippen molar-refractivity contribution in [3.05, 3.63) is 63.1 Å². The van der Waals surface area contributed by atoms with E-state index in [0.29, 0.717) is 17.0 Å². The van der Waals surface area contributed by atoms with Crippen molar-refractivity contribution in [3.8, 4) is 16.3 Å². The molecule has 0 aliphatic rings. The quantitative estimate of drug-likeness (QED) is 0.551. The van der Waals surface area contributed by atoms with Gasteiger partial charge in [-0.15, -0.1) is 11.3 Å². The van der Waals surface area contributed by atoms with Crippen LogP contribution in [0.25, 0.3) is 10.6 Å². The van der Waals surface area contributed by atoms with Crippen LogP contribution in [0, 0.1) is 11.6 Å². The van der Waals surface area contributed by atoms with Gasteiger partial charge in [0.25, 0.3) is 5.91 Å². The average Bonchev–Trinajstić information content (AvgIpc) is 3.09. The molecule has 1 amide bonds. The Morgan fingerprint density at radius 3 is 2.64 bits per heavy atom. The molecule has 3 N–H and O–H groups in total. The minimum absolute atomic E-state index is 0.00243. The number of thiazole rings is 1. The number of aromatic hydroxyl groups is 1. The molecule has 3 rings (SSSR count). The van der Waals surface area contributed by atoms with E-state index in [4.69, 9.17) is 11.6 Å². The van der Waals surface area contributed by atoms with Gasteiger partial charge < -0.3 is 15.5 Å². The molecule has 0 fully saturated rings. The normalized spacial score (nSPS) is 10.9. The number of hydrogen-bond acceptors (Lipinski definition) is 5. The molecule has 2 aromatic carbocycles. The number of carbonyl (C=O) groups is 1. The first-order chi connectivity index (χ1) is 13.3. The van der Waals surface area contributed by atoms with E-state index in [1.54, 1.807) is 0 Å². The monoisotopic (exact) mass is 424 g/mol. The van der Waals surface area contributed by atoms with Crippen LogP contribution >= 0.6 is 22.9 Å². The smallest absolute Gasteiger partial charge is 0.259 e. The van der Waals surface area contributed by atoms with Gasteiger partial charge in [-0.3, -0.25) is 4.79 Å². The van der Waals surface area contributed by atoms with E-state index in [1.165, 1.54) is 12.1 Å². The van der Waals surface area contributed by atoms with Gasteiger partial charge in [0, 0.05) is 5.56 Å². The van der Waals surface area contributed by atoms with Gasteiger partial charge in [0.05, 0.1) is 33.5 Å². The predicted molar refractivity (Wildman–Crippen MR) is 104 cm³/mol. The molecule has 9 heteroatoms. The van der Waals surface area contributed by atoms with Crippen molar-refractivity contribution < 1.29 is 23.8 Å². The number of anilines is 1. The highest BCUT2D eigenvalue weighted by Gasteiger charge is 2.21. The van der Waals surface area contributed by atoms with Crippen molar-refractivity contribution in [3.63, 3.8) is 0 Å². The topological polar surface area (TPSA) is 82.5 Å². The third-order valence-corrected chi connectivity index (χ3v) is 5.45. The van der Waals surface area contributed by atoms with Crippen molar-refractivity contribution in [2.24, 2.45) is 0 Å². The predicted octanol–water partition coefficient (Wildman–Crippen LogP) is 4.75. The zero-order valence-corrected chi connectivity index (χ0v) is 16.2. The molecule has 1 aromatic heterocycles. The maximum Gasteiger partial charge on any atom is 0.259 e. The molecule has 28 heavy (non-hydrogen) atoms. The maximum absolute atomic E-state index is 14.6. The Morgan fingerprint density at radius 2 is 2.04 bits per heavy atom. The summed E-state index contributed by atoms with van der Waals surface area (Å²) in [6.07, 6.45) is 0.559. The molecule has 0 aliphatic carbocycles. The number of aryl methyl sites for hydroxylation is 1. The van der Waals surface area contributed by atoms with Crippen LogP contribution in [-0.2, 0) is 13.0 Å². The second kappa shape index (κ2) is 8.22. The lowest BCUT2D eigenvalue weighted by Crippen LogP contribution is -2.14. The molecule has 0 atom stereocenters. The Hall–Kier alpha value is -2.55. The largest absolute Gasteiger partial charge is 0.507 e. The second-order valence-corrected chi connectivity index (χ2v) is 7.29. The first-order valence-corrected chi connectivity index (χ1v) is 9.42. The molecule has 0 radical (unpaired) electrons. The van der Waals surface area contributed by atoms with Crippen LogP contribution < -0.4 is 5.32 Å². The van der Waals surface area contributed by atoms with Gasteiger partial charge in [0.2, 0.25) is 0 Å². The van der Waals surface area contributed by atoms with Crippen molar-refractivity contribution in [2.45, 2.75) is 20.0 Å². The Bertz CT molecular complexity index is 1010. The van der Waals surface area contributed by atoms with Crippen molar-refractivity contribution >= 4 is 34.5 Å². The zero-order chi connectivity index (χ0) is 20.4. The Kier molecular flexibility index (Phi) is 5.93. The van der Waals surface area contributed by atoms with E-state index in [-0.39, 0.29) is 33.5 Å². The molecule has 0 bridgehead atoms. The van der Waals surface area contributed by atoms with Crippen LogP contribution in [0.4, 0.5) is 14.5 Å². The molecule has 0 unspecified atom stereocenters. The standard InChI is InChI=1S/C19H15ClF2N2O3S/c1-2-14-16(8-25)28-19(23-14)9-7-15(26)10(6-13(9)22)18(27)24-17-11(20)4-3-5-12(17)21/h3-7,25-26H,2,8H2,1H3,(H,24,27). The van der Waals surface area contributed by atoms with Gasteiger partial charge in [-0.25, -0.2) is 13.8 Å². The third-order valence-electron chi connectivity index (χ3n) is 4.02. The van der Waals surface area contributed by atoms with E-state index in [2.05, 4.69) is 10.3 Å². The first kappa shape index (κ1) is 20.2. The summed E-state index contributed by atoms with van der Waals surface area (Å²) >= 11 is 6.96. The number of halogens is 3. The minimum atomic E-state index is -0.917. The van der Waals surface area contributed by atoms with Crippen LogP contribution in [0.2, 0.25) is 5.02 Å². The van der Waals surface area contributed by atoms with E-state index < -0.39 is 23.3 Å².